The first kappa shape index (κ1) is 18.0. The first-order chi connectivity index (χ1) is 10.4. The van der Waals surface area contributed by atoms with E-state index in [1.807, 2.05) is 26.2 Å². The summed E-state index contributed by atoms with van der Waals surface area (Å²) in [5.41, 5.74) is 0.618. The molecule has 1 fully saturated rings. The van der Waals surface area contributed by atoms with Gasteiger partial charge in [-0.1, -0.05) is 34.5 Å². The van der Waals surface area contributed by atoms with Crippen LogP contribution in [0.1, 0.15) is 31.2 Å². The Bertz CT molecular complexity index is 547. The van der Waals surface area contributed by atoms with E-state index in [0.717, 1.165) is 48.0 Å². The quantitative estimate of drug-likeness (QED) is 0.654. The summed E-state index contributed by atoms with van der Waals surface area (Å²) in [6.07, 6.45) is 3.70. The highest BCUT2D eigenvalue weighted by molar-refractivity contribution is 9.10. The minimum absolute atomic E-state index is 0.0542. The summed E-state index contributed by atoms with van der Waals surface area (Å²) < 4.78 is 6.34. The molecule has 1 aliphatic carbocycles. The Kier molecular flexibility index (Phi) is 6.08. The maximum atomic E-state index is 13.1. The Morgan fingerprint density at radius 2 is 2.14 bits per heavy atom. The monoisotopic (exact) mass is 431 g/mol. The second-order valence-corrected chi connectivity index (χ2v) is 8.08. The van der Waals surface area contributed by atoms with Gasteiger partial charge in [0.2, 0.25) is 0 Å². The van der Waals surface area contributed by atoms with Crippen LogP contribution in [-0.2, 0) is 10.2 Å². The van der Waals surface area contributed by atoms with Crippen LogP contribution in [0.25, 0.3) is 0 Å². The van der Waals surface area contributed by atoms with Crippen LogP contribution in [0.3, 0.4) is 0 Å². The van der Waals surface area contributed by atoms with Gasteiger partial charge in [0.05, 0.1) is 21.8 Å². The van der Waals surface area contributed by atoms with Gasteiger partial charge in [0.15, 0.2) is 5.78 Å². The van der Waals surface area contributed by atoms with Gasteiger partial charge in [-0.15, -0.1) is 0 Å². The topological polar surface area (TPSA) is 29.5 Å². The molecule has 22 heavy (non-hydrogen) atoms. The van der Waals surface area contributed by atoms with E-state index in [9.17, 15) is 4.79 Å². The predicted octanol–water partition coefficient (Wildman–Crippen LogP) is 4.16. The van der Waals surface area contributed by atoms with Crippen molar-refractivity contribution < 1.29 is 9.53 Å². The molecular formula is C17H23Br2NO2. The van der Waals surface area contributed by atoms with E-state index < -0.39 is 5.41 Å². The summed E-state index contributed by atoms with van der Waals surface area (Å²) in [4.78, 5) is 15.2. The largest absolute Gasteiger partial charge is 0.496 e. The molecule has 2 atom stereocenters. The molecule has 0 aromatic heterocycles. The molecule has 1 aromatic rings. The molecule has 1 saturated carbocycles. The smallest absolute Gasteiger partial charge is 0.157 e. The molecular weight excluding hydrogens is 410 g/mol. The van der Waals surface area contributed by atoms with Crippen LogP contribution >= 0.6 is 31.9 Å². The number of alkyl halides is 1. The van der Waals surface area contributed by atoms with Crippen molar-refractivity contribution in [3.05, 3.63) is 28.2 Å². The molecule has 0 saturated heterocycles. The summed E-state index contributed by atoms with van der Waals surface area (Å²) >= 11 is 7.24. The van der Waals surface area contributed by atoms with E-state index in [-0.39, 0.29) is 4.83 Å². The fourth-order valence-corrected chi connectivity index (χ4v) is 4.81. The number of hydrogen-bond acceptors (Lipinski definition) is 3. The van der Waals surface area contributed by atoms with Crippen LogP contribution in [0.15, 0.2) is 22.7 Å². The number of carbonyl (C=O) groups is 1. The maximum Gasteiger partial charge on any atom is 0.157 e. The normalized spacial score (nSPS) is 25.5. The number of methoxy groups -OCH3 is 1. The van der Waals surface area contributed by atoms with E-state index in [4.69, 9.17) is 4.74 Å². The van der Waals surface area contributed by atoms with Gasteiger partial charge in [-0.25, -0.2) is 0 Å². The van der Waals surface area contributed by atoms with Gasteiger partial charge in [0.1, 0.15) is 5.75 Å². The van der Waals surface area contributed by atoms with Gasteiger partial charge in [0.25, 0.3) is 0 Å². The van der Waals surface area contributed by atoms with Gasteiger partial charge < -0.3 is 9.64 Å². The number of rotatable bonds is 5. The summed E-state index contributed by atoms with van der Waals surface area (Å²) in [5, 5.41) is 0. The second-order valence-electron chi connectivity index (χ2n) is 6.18. The van der Waals surface area contributed by atoms with Crippen molar-refractivity contribution in [2.75, 3.05) is 27.7 Å². The zero-order chi connectivity index (χ0) is 16.3. The Balaban J connectivity index is 2.51. The summed E-state index contributed by atoms with van der Waals surface area (Å²) in [5.74, 6) is 1.08. The molecule has 1 aliphatic rings. The van der Waals surface area contributed by atoms with Crippen LogP contribution in [0.4, 0.5) is 0 Å². The minimum Gasteiger partial charge on any atom is -0.496 e. The Hall–Kier alpha value is -0.390. The van der Waals surface area contributed by atoms with Crippen LogP contribution in [0.5, 0.6) is 5.75 Å². The van der Waals surface area contributed by atoms with Crippen LogP contribution in [-0.4, -0.2) is 43.3 Å². The van der Waals surface area contributed by atoms with Gasteiger partial charge in [-0.05, 0) is 67.5 Å². The zero-order valence-corrected chi connectivity index (χ0v) is 16.5. The fourth-order valence-electron chi connectivity index (χ4n) is 3.24. The highest BCUT2D eigenvalue weighted by atomic mass is 79.9. The van der Waals surface area contributed by atoms with E-state index >= 15 is 0 Å². The summed E-state index contributed by atoms with van der Waals surface area (Å²) in [6.45, 7) is 0.884. The number of benzene rings is 1. The molecule has 0 radical (unpaired) electrons. The van der Waals surface area contributed by atoms with Crippen LogP contribution in [0.2, 0.25) is 0 Å². The molecule has 0 heterocycles. The Morgan fingerprint density at radius 1 is 1.41 bits per heavy atom. The summed E-state index contributed by atoms with van der Waals surface area (Å²) in [7, 11) is 5.76. The lowest BCUT2D eigenvalue weighted by Gasteiger charge is -2.40. The average molecular weight is 433 g/mol. The lowest BCUT2D eigenvalue weighted by molar-refractivity contribution is -0.126. The number of ether oxygens (including phenoxy) is 1. The van der Waals surface area contributed by atoms with Gasteiger partial charge in [-0.3, -0.25) is 4.79 Å². The lowest BCUT2D eigenvalue weighted by atomic mass is 9.66. The number of carbonyl (C=O) groups excluding carboxylic acids is 1. The van der Waals surface area contributed by atoms with E-state index in [2.05, 4.69) is 42.8 Å². The molecule has 0 N–H and O–H groups in total. The van der Waals surface area contributed by atoms with Crippen molar-refractivity contribution in [3.63, 3.8) is 0 Å². The third-order valence-electron chi connectivity index (χ3n) is 4.50. The second kappa shape index (κ2) is 7.45. The van der Waals surface area contributed by atoms with Crippen molar-refractivity contribution in [1.82, 2.24) is 4.90 Å². The lowest BCUT2D eigenvalue weighted by Crippen LogP contribution is -2.46. The highest BCUT2D eigenvalue weighted by Crippen LogP contribution is 2.46. The number of ketones is 1. The SMILES string of the molecule is COc1cccc(C2(CCN(C)C)CCCC(Br)C2=O)c1Br. The molecule has 2 rings (SSSR count). The summed E-state index contributed by atoms with van der Waals surface area (Å²) in [6, 6.07) is 5.96. The third kappa shape index (κ3) is 3.41. The third-order valence-corrected chi connectivity index (χ3v) is 6.19. The van der Waals surface area contributed by atoms with Crippen LogP contribution < -0.4 is 4.74 Å². The maximum absolute atomic E-state index is 13.1. The molecule has 0 spiro atoms. The molecule has 0 aliphatic heterocycles. The molecule has 122 valence electrons. The highest BCUT2D eigenvalue weighted by Gasteiger charge is 2.46. The number of halogens is 2. The zero-order valence-electron chi connectivity index (χ0n) is 13.4. The number of nitrogens with zero attached hydrogens (tertiary/aromatic N) is 1. The Morgan fingerprint density at radius 3 is 2.77 bits per heavy atom. The van der Waals surface area contributed by atoms with Crippen molar-refractivity contribution in [2.24, 2.45) is 0 Å². The average Bonchev–Trinajstić information content (AvgIpc) is 2.49. The standard InChI is InChI=1S/C17H23Br2NO2/c1-20(2)11-10-17(9-5-7-13(18)16(17)21)12-6-4-8-14(22-3)15(12)19/h4,6,8,13H,5,7,9-11H2,1-3H3. The van der Waals surface area contributed by atoms with Crippen molar-refractivity contribution in [2.45, 2.75) is 35.9 Å². The van der Waals surface area contributed by atoms with E-state index in [1.165, 1.54) is 0 Å². The molecule has 5 heteroatoms. The molecule has 0 amide bonds. The van der Waals surface area contributed by atoms with Crippen LogP contribution in [0, 0.1) is 0 Å². The minimum atomic E-state index is -0.440. The van der Waals surface area contributed by atoms with Crippen molar-refractivity contribution in [1.29, 1.82) is 0 Å². The predicted molar refractivity (Wildman–Crippen MR) is 97.1 cm³/mol. The molecule has 0 bridgehead atoms. The van der Waals surface area contributed by atoms with Gasteiger partial charge in [0, 0.05) is 0 Å². The van der Waals surface area contributed by atoms with E-state index in [1.54, 1.807) is 7.11 Å². The Labute approximate surface area is 149 Å². The first-order valence-corrected chi connectivity index (χ1v) is 9.29. The number of hydrogen-bond donors (Lipinski definition) is 0. The van der Waals surface area contributed by atoms with Crippen molar-refractivity contribution in [3.8, 4) is 5.75 Å². The molecule has 2 unspecified atom stereocenters. The molecule has 1 aromatic carbocycles. The van der Waals surface area contributed by atoms with Gasteiger partial charge >= 0.3 is 0 Å². The van der Waals surface area contributed by atoms with Crippen molar-refractivity contribution >= 4 is 37.6 Å². The first-order valence-electron chi connectivity index (χ1n) is 7.58. The number of Topliss-reactive ketones (excluding diaryl/α,β-unsaturated/α-hetero) is 1. The molecule has 3 nitrogen and oxygen atoms in total. The van der Waals surface area contributed by atoms with Gasteiger partial charge in [-0.2, -0.15) is 0 Å². The van der Waals surface area contributed by atoms with E-state index in [0.29, 0.717) is 5.78 Å². The fraction of sp³-hybridized carbons (Fsp3) is 0.588.